The number of nitrogens with zero attached hydrogens (tertiary/aromatic N) is 1. The minimum Gasteiger partial charge on any atom is -0.481 e. The third-order valence-electron chi connectivity index (χ3n) is 5.21. The maximum atomic E-state index is 12.5. The molecule has 0 spiro atoms. The van der Waals surface area contributed by atoms with Gasteiger partial charge in [-0.05, 0) is 31.6 Å². The van der Waals surface area contributed by atoms with Crippen molar-refractivity contribution in [1.29, 1.82) is 0 Å². The summed E-state index contributed by atoms with van der Waals surface area (Å²) in [4.78, 5) is 25.6. The van der Waals surface area contributed by atoms with E-state index in [4.69, 9.17) is 9.84 Å². The van der Waals surface area contributed by atoms with Crippen molar-refractivity contribution in [2.24, 2.45) is 11.8 Å². The van der Waals surface area contributed by atoms with Crippen LogP contribution in [0.15, 0.2) is 0 Å². The summed E-state index contributed by atoms with van der Waals surface area (Å²) in [6, 6.07) is -0.163. The molecule has 2 heterocycles. The monoisotopic (exact) mass is 296 g/mol. The molecule has 0 aromatic rings. The van der Waals surface area contributed by atoms with Gasteiger partial charge in [-0.25, -0.2) is 4.79 Å². The molecule has 2 amide bonds. The summed E-state index contributed by atoms with van der Waals surface area (Å²) >= 11 is 0. The topological polar surface area (TPSA) is 78.9 Å². The zero-order valence-electron chi connectivity index (χ0n) is 12.3. The van der Waals surface area contributed by atoms with E-state index in [1.54, 1.807) is 0 Å². The van der Waals surface area contributed by atoms with Crippen molar-refractivity contribution in [1.82, 2.24) is 10.2 Å². The van der Waals surface area contributed by atoms with Crippen molar-refractivity contribution in [3.8, 4) is 0 Å². The Kier molecular flexibility index (Phi) is 4.33. The highest BCUT2D eigenvalue weighted by Gasteiger charge is 2.39. The molecule has 1 aliphatic carbocycles. The number of hydrogen-bond acceptors (Lipinski definition) is 3. The molecule has 0 bridgehead atoms. The molecule has 0 radical (unpaired) electrons. The third-order valence-corrected chi connectivity index (χ3v) is 5.21. The van der Waals surface area contributed by atoms with Gasteiger partial charge in [0, 0.05) is 12.6 Å². The lowest BCUT2D eigenvalue weighted by atomic mass is 9.96. The largest absolute Gasteiger partial charge is 0.481 e. The molecule has 1 saturated carbocycles. The van der Waals surface area contributed by atoms with Crippen LogP contribution in [0.1, 0.15) is 38.5 Å². The number of hydrogen-bond donors (Lipinski definition) is 2. The number of carbonyl (C=O) groups is 2. The van der Waals surface area contributed by atoms with E-state index in [9.17, 15) is 9.59 Å². The Morgan fingerprint density at radius 2 is 1.86 bits per heavy atom. The second-order valence-corrected chi connectivity index (χ2v) is 6.49. The van der Waals surface area contributed by atoms with E-state index < -0.39 is 17.9 Å². The lowest BCUT2D eigenvalue weighted by Crippen LogP contribution is -2.51. The molecule has 2 N–H and O–H groups in total. The van der Waals surface area contributed by atoms with Crippen LogP contribution in [0, 0.1) is 11.8 Å². The molecule has 2 saturated heterocycles. The van der Waals surface area contributed by atoms with Gasteiger partial charge in [-0.2, -0.15) is 0 Å². The van der Waals surface area contributed by atoms with Gasteiger partial charge in [0.25, 0.3) is 0 Å². The van der Waals surface area contributed by atoms with E-state index >= 15 is 0 Å². The highest BCUT2D eigenvalue weighted by Crippen LogP contribution is 2.35. The average Bonchev–Trinajstić information content (AvgIpc) is 3.19. The molecule has 3 fully saturated rings. The predicted octanol–water partition coefficient (Wildman–Crippen LogP) is 1.45. The molecule has 6 nitrogen and oxygen atoms in total. The minimum atomic E-state index is -0.897. The highest BCUT2D eigenvalue weighted by atomic mass is 16.5. The summed E-state index contributed by atoms with van der Waals surface area (Å²) in [6.45, 7) is 1.27. The molecule has 3 aliphatic rings. The van der Waals surface area contributed by atoms with Crippen LogP contribution in [-0.2, 0) is 9.53 Å². The number of urea groups is 1. The number of carbonyl (C=O) groups excluding carboxylic acids is 1. The smallest absolute Gasteiger partial charge is 0.317 e. The molecule has 2 aliphatic heterocycles. The fourth-order valence-electron chi connectivity index (χ4n) is 4.06. The molecule has 118 valence electrons. The van der Waals surface area contributed by atoms with Crippen molar-refractivity contribution in [2.75, 3.05) is 19.8 Å². The lowest BCUT2D eigenvalue weighted by molar-refractivity contribution is -0.142. The number of rotatable bonds is 3. The number of likely N-dealkylation sites (tertiary alicyclic amines) is 1. The van der Waals surface area contributed by atoms with Gasteiger partial charge in [0.05, 0.1) is 19.3 Å². The van der Waals surface area contributed by atoms with Crippen molar-refractivity contribution < 1.29 is 19.4 Å². The van der Waals surface area contributed by atoms with E-state index in [-0.39, 0.29) is 12.6 Å². The number of nitrogens with one attached hydrogen (secondary N) is 1. The van der Waals surface area contributed by atoms with Gasteiger partial charge in [0.2, 0.25) is 0 Å². The molecule has 0 aromatic heterocycles. The van der Waals surface area contributed by atoms with Crippen LogP contribution in [0.5, 0.6) is 0 Å². The van der Waals surface area contributed by atoms with Crippen LogP contribution in [-0.4, -0.2) is 53.8 Å². The van der Waals surface area contributed by atoms with E-state index in [1.807, 2.05) is 4.90 Å². The van der Waals surface area contributed by atoms with Crippen molar-refractivity contribution in [3.63, 3.8) is 0 Å². The van der Waals surface area contributed by atoms with Crippen LogP contribution in [0.4, 0.5) is 4.79 Å². The summed E-state index contributed by atoms with van der Waals surface area (Å²) < 4.78 is 5.21. The lowest BCUT2D eigenvalue weighted by Gasteiger charge is -2.31. The Morgan fingerprint density at radius 1 is 1.10 bits per heavy atom. The zero-order chi connectivity index (χ0) is 14.8. The van der Waals surface area contributed by atoms with Gasteiger partial charge < -0.3 is 20.1 Å². The fraction of sp³-hybridized carbons (Fsp3) is 0.867. The quantitative estimate of drug-likeness (QED) is 0.826. The van der Waals surface area contributed by atoms with Crippen LogP contribution in [0.2, 0.25) is 0 Å². The first kappa shape index (κ1) is 14.6. The molecule has 3 atom stereocenters. The normalized spacial score (nSPS) is 33.5. The van der Waals surface area contributed by atoms with Gasteiger partial charge in [0.15, 0.2) is 0 Å². The first-order valence-corrected chi connectivity index (χ1v) is 8.04. The van der Waals surface area contributed by atoms with E-state index in [2.05, 4.69) is 5.32 Å². The van der Waals surface area contributed by atoms with Gasteiger partial charge in [-0.3, -0.25) is 4.79 Å². The summed E-state index contributed by atoms with van der Waals surface area (Å²) in [5, 5.41) is 12.0. The maximum Gasteiger partial charge on any atom is 0.317 e. The van der Waals surface area contributed by atoms with Gasteiger partial charge >= 0.3 is 12.0 Å². The Hall–Kier alpha value is -1.30. The van der Waals surface area contributed by atoms with E-state index in [0.29, 0.717) is 18.6 Å². The molecule has 0 aromatic carbocycles. The van der Waals surface area contributed by atoms with Crippen molar-refractivity contribution in [3.05, 3.63) is 0 Å². The molecular weight excluding hydrogens is 272 g/mol. The second-order valence-electron chi connectivity index (χ2n) is 6.49. The molecule has 21 heavy (non-hydrogen) atoms. The van der Waals surface area contributed by atoms with Crippen LogP contribution < -0.4 is 5.32 Å². The number of amides is 2. The Bertz CT molecular complexity index is 408. The minimum absolute atomic E-state index is 0.105. The second kappa shape index (κ2) is 6.22. The first-order valence-electron chi connectivity index (χ1n) is 8.04. The average molecular weight is 296 g/mol. The van der Waals surface area contributed by atoms with Crippen molar-refractivity contribution in [2.45, 2.75) is 50.6 Å². The standard InChI is InChI=1S/C15H24N2O4/c18-14(19)11-8-21-9-12(11)16-15(20)17-7-3-6-13(17)10-4-1-2-5-10/h10-13H,1-9H2,(H,16,20)(H,18,19). The van der Waals surface area contributed by atoms with Gasteiger partial charge in [-0.1, -0.05) is 12.8 Å². The third kappa shape index (κ3) is 3.00. The number of carboxylic acids is 1. The summed E-state index contributed by atoms with van der Waals surface area (Å²) in [7, 11) is 0. The molecule has 6 heteroatoms. The number of ether oxygens (including phenoxy) is 1. The van der Waals surface area contributed by atoms with Crippen LogP contribution in [0.3, 0.4) is 0 Å². The molecule has 3 rings (SSSR count). The SMILES string of the molecule is O=C(O)C1COCC1NC(=O)N1CCCC1C1CCCC1. The van der Waals surface area contributed by atoms with E-state index in [1.165, 1.54) is 25.7 Å². The predicted molar refractivity (Wildman–Crippen MR) is 76.0 cm³/mol. The van der Waals surface area contributed by atoms with E-state index in [0.717, 1.165) is 19.4 Å². The fourth-order valence-corrected chi connectivity index (χ4v) is 4.06. The first-order chi connectivity index (χ1) is 10.2. The zero-order valence-corrected chi connectivity index (χ0v) is 12.3. The van der Waals surface area contributed by atoms with Gasteiger partial charge in [-0.15, -0.1) is 0 Å². The maximum absolute atomic E-state index is 12.5. The van der Waals surface area contributed by atoms with Gasteiger partial charge in [0.1, 0.15) is 5.92 Å². The summed E-state index contributed by atoms with van der Waals surface area (Å²) in [5.41, 5.74) is 0. The van der Waals surface area contributed by atoms with Crippen molar-refractivity contribution >= 4 is 12.0 Å². The Morgan fingerprint density at radius 3 is 2.57 bits per heavy atom. The molecule has 3 unspecified atom stereocenters. The molecular formula is C15H24N2O4. The highest BCUT2D eigenvalue weighted by molar-refractivity contribution is 5.77. The summed E-state index contributed by atoms with van der Waals surface area (Å²) in [6.07, 6.45) is 7.12. The Balaban J connectivity index is 1.60. The van der Waals surface area contributed by atoms with Crippen LogP contribution >= 0.6 is 0 Å². The summed E-state index contributed by atoms with van der Waals surface area (Å²) in [5.74, 6) is -0.888. The Labute approximate surface area is 124 Å². The number of carboxylic acid groups (broad SMARTS) is 1. The van der Waals surface area contributed by atoms with Crippen LogP contribution in [0.25, 0.3) is 0 Å². The number of aliphatic carboxylic acids is 1.